The molecule has 192 valence electrons. The zero-order valence-electron chi connectivity index (χ0n) is 16.9. The standard InChI is InChI=1S/C19H11Cl2F9N2O3/c1-2-32(15(33)11-8(22)4-3-5-9(11)23)17(34)31-10-6-7(20)14(12(21)13(10)24)35-19(29,30)16(25)18(26,27)28/h3-6,16H,2H2,1H3,(H,31,34). The summed E-state index contributed by atoms with van der Waals surface area (Å²) in [4.78, 5) is 25.1. The maximum atomic E-state index is 14.6. The largest absolute Gasteiger partial charge is 0.439 e. The van der Waals surface area contributed by atoms with E-state index in [1.807, 2.05) is 0 Å². The smallest absolute Gasteiger partial charge is 0.427 e. The lowest BCUT2D eigenvalue weighted by atomic mass is 10.1. The Morgan fingerprint density at radius 1 is 1.09 bits per heavy atom. The molecule has 0 aliphatic carbocycles. The summed E-state index contributed by atoms with van der Waals surface area (Å²) in [6, 6.07) is 1.29. The van der Waals surface area contributed by atoms with Gasteiger partial charge in [0.2, 0.25) is 0 Å². The van der Waals surface area contributed by atoms with E-state index in [-0.39, 0.29) is 4.90 Å². The number of rotatable bonds is 6. The molecule has 1 N–H and O–H groups in total. The lowest BCUT2D eigenvalue weighted by Crippen LogP contribution is -2.45. The Balaban J connectivity index is 2.36. The summed E-state index contributed by atoms with van der Waals surface area (Å²) in [7, 11) is 0. The first kappa shape index (κ1) is 28.4. The number of ether oxygens (including phenoxy) is 1. The normalized spacial score (nSPS) is 12.8. The zero-order chi connectivity index (χ0) is 26.9. The molecule has 1 unspecified atom stereocenters. The Bertz CT molecular complexity index is 1130. The number of nitrogens with one attached hydrogen (secondary N) is 1. The number of carbonyl (C=O) groups is 2. The van der Waals surface area contributed by atoms with Crippen molar-refractivity contribution in [2.45, 2.75) is 25.4 Å². The van der Waals surface area contributed by atoms with Crippen LogP contribution in [-0.2, 0) is 0 Å². The second-order valence-electron chi connectivity index (χ2n) is 6.51. The third-order valence-corrected chi connectivity index (χ3v) is 4.78. The molecule has 2 rings (SSSR count). The van der Waals surface area contributed by atoms with Gasteiger partial charge in [-0.3, -0.25) is 9.69 Å². The number of halogens is 11. The molecule has 1 atom stereocenters. The number of nitrogens with zero attached hydrogens (tertiary/aromatic N) is 1. The number of anilines is 1. The first-order valence-corrected chi connectivity index (χ1v) is 9.80. The third-order valence-electron chi connectivity index (χ3n) is 4.16. The number of imide groups is 1. The second-order valence-corrected chi connectivity index (χ2v) is 7.29. The molecule has 0 spiro atoms. The van der Waals surface area contributed by atoms with Gasteiger partial charge in [-0.25, -0.2) is 22.4 Å². The molecular weight excluding hydrogens is 546 g/mol. The van der Waals surface area contributed by atoms with Crippen LogP contribution >= 0.6 is 23.2 Å². The summed E-state index contributed by atoms with van der Waals surface area (Å²) >= 11 is 11.1. The monoisotopic (exact) mass is 556 g/mol. The minimum atomic E-state index is -6.05. The number of hydrogen-bond donors (Lipinski definition) is 1. The quantitative estimate of drug-likeness (QED) is 0.308. The lowest BCUT2D eigenvalue weighted by molar-refractivity contribution is -0.304. The van der Waals surface area contributed by atoms with Crippen LogP contribution in [0.25, 0.3) is 0 Å². The first-order chi connectivity index (χ1) is 16.0. The summed E-state index contributed by atoms with van der Waals surface area (Å²) in [6.45, 7) is 0.712. The van der Waals surface area contributed by atoms with E-state index in [0.29, 0.717) is 6.07 Å². The predicted molar refractivity (Wildman–Crippen MR) is 105 cm³/mol. The highest BCUT2D eigenvalue weighted by Crippen LogP contribution is 2.44. The van der Waals surface area contributed by atoms with Crippen molar-refractivity contribution in [3.63, 3.8) is 0 Å². The van der Waals surface area contributed by atoms with Gasteiger partial charge in [0, 0.05) is 6.54 Å². The number of hydrogen-bond acceptors (Lipinski definition) is 3. The van der Waals surface area contributed by atoms with Gasteiger partial charge in [-0.1, -0.05) is 29.3 Å². The Morgan fingerprint density at radius 2 is 1.63 bits per heavy atom. The fourth-order valence-electron chi connectivity index (χ4n) is 2.54. The molecule has 0 aliphatic rings. The molecule has 0 heterocycles. The number of benzene rings is 2. The van der Waals surface area contributed by atoms with E-state index < -0.39 is 81.4 Å². The summed E-state index contributed by atoms with van der Waals surface area (Å²) in [6.07, 6.45) is -16.5. The van der Waals surface area contributed by atoms with E-state index in [2.05, 4.69) is 4.74 Å². The van der Waals surface area contributed by atoms with Gasteiger partial charge in [0.15, 0.2) is 11.6 Å². The molecule has 0 aliphatic heterocycles. The Hall–Kier alpha value is -2.87. The first-order valence-electron chi connectivity index (χ1n) is 9.04. The molecule has 5 nitrogen and oxygen atoms in total. The van der Waals surface area contributed by atoms with E-state index in [4.69, 9.17) is 23.2 Å². The Morgan fingerprint density at radius 3 is 2.11 bits per heavy atom. The van der Waals surface area contributed by atoms with Crippen molar-refractivity contribution in [1.29, 1.82) is 0 Å². The minimum Gasteiger partial charge on any atom is -0.427 e. The molecule has 0 bridgehead atoms. The van der Waals surface area contributed by atoms with Gasteiger partial charge in [-0.05, 0) is 25.1 Å². The number of urea groups is 1. The minimum absolute atomic E-state index is 0.234. The van der Waals surface area contributed by atoms with Crippen LogP contribution in [0.5, 0.6) is 5.75 Å². The van der Waals surface area contributed by atoms with E-state index in [0.717, 1.165) is 18.2 Å². The summed E-state index contributed by atoms with van der Waals surface area (Å²) in [5.74, 6) is -7.47. The van der Waals surface area contributed by atoms with Crippen LogP contribution in [0.3, 0.4) is 0 Å². The van der Waals surface area contributed by atoms with Crippen LogP contribution in [0.1, 0.15) is 17.3 Å². The highest BCUT2D eigenvalue weighted by Gasteiger charge is 2.59. The SMILES string of the molecule is CCN(C(=O)Nc1cc(Cl)c(OC(F)(F)C(F)C(F)(F)F)c(Cl)c1F)C(=O)c1c(F)cccc1F. The fourth-order valence-corrected chi connectivity index (χ4v) is 3.07. The lowest BCUT2D eigenvalue weighted by Gasteiger charge is -2.25. The van der Waals surface area contributed by atoms with Crippen molar-refractivity contribution >= 4 is 40.8 Å². The van der Waals surface area contributed by atoms with Gasteiger partial charge in [0.25, 0.3) is 12.1 Å². The summed E-state index contributed by atoms with van der Waals surface area (Å²) < 4.78 is 123. The molecule has 0 saturated carbocycles. The highest BCUT2D eigenvalue weighted by atomic mass is 35.5. The van der Waals surface area contributed by atoms with Gasteiger partial charge in [0.05, 0.1) is 10.7 Å². The molecular formula is C19H11Cl2F9N2O3. The van der Waals surface area contributed by atoms with Crippen LogP contribution in [0.2, 0.25) is 10.0 Å². The van der Waals surface area contributed by atoms with Crippen molar-refractivity contribution in [2.75, 3.05) is 11.9 Å². The van der Waals surface area contributed by atoms with Gasteiger partial charge in [-0.2, -0.15) is 22.0 Å². The Labute approximate surface area is 200 Å². The number of alkyl halides is 6. The van der Waals surface area contributed by atoms with E-state index in [9.17, 15) is 49.1 Å². The van der Waals surface area contributed by atoms with Gasteiger partial charge >= 0.3 is 18.3 Å². The van der Waals surface area contributed by atoms with Crippen molar-refractivity contribution in [1.82, 2.24) is 4.90 Å². The van der Waals surface area contributed by atoms with Crippen LogP contribution in [0, 0.1) is 17.5 Å². The van der Waals surface area contributed by atoms with E-state index in [1.54, 1.807) is 5.32 Å². The molecule has 3 amide bonds. The summed E-state index contributed by atoms with van der Waals surface area (Å²) in [5, 5.41) is -0.813. The van der Waals surface area contributed by atoms with Gasteiger partial charge in [-0.15, -0.1) is 0 Å². The van der Waals surface area contributed by atoms with Crippen molar-refractivity contribution < 1.29 is 53.8 Å². The van der Waals surface area contributed by atoms with Crippen LogP contribution in [0.15, 0.2) is 24.3 Å². The summed E-state index contributed by atoms with van der Waals surface area (Å²) in [5.41, 5.74) is -2.11. The van der Waals surface area contributed by atoms with Gasteiger partial charge in [0.1, 0.15) is 22.2 Å². The van der Waals surface area contributed by atoms with Crippen LogP contribution in [0.4, 0.5) is 50.0 Å². The predicted octanol–water partition coefficient (Wildman–Crippen LogP) is 6.98. The molecule has 0 fully saturated rings. The average Bonchev–Trinajstić information content (AvgIpc) is 2.74. The maximum Gasteiger partial charge on any atom is 0.439 e. The average molecular weight is 557 g/mol. The second kappa shape index (κ2) is 10.4. The topological polar surface area (TPSA) is 58.6 Å². The zero-order valence-corrected chi connectivity index (χ0v) is 18.4. The van der Waals surface area contributed by atoms with Crippen molar-refractivity contribution in [2.24, 2.45) is 0 Å². The molecule has 2 aromatic carbocycles. The third kappa shape index (κ3) is 6.04. The fraction of sp³-hybridized carbons (Fsp3) is 0.263. The molecule has 35 heavy (non-hydrogen) atoms. The molecule has 16 heteroatoms. The van der Waals surface area contributed by atoms with Crippen molar-refractivity contribution in [3.8, 4) is 5.75 Å². The van der Waals surface area contributed by atoms with Crippen LogP contribution in [-0.4, -0.2) is 41.8 Å². The molecule has 0 aromatic heterocycles. The number of carbonyl (C=O) groups excluding carboxylic acids is 2. The highest BCUT2D eigenvalue weighted by molar-refractivity contribution is 6.37. The molecule has 0 saturated heterocycles. The molecule has 2 aromatic rings. The van der Waals surface area contributed by atoms with Crippen molar-refractivity contribution in [3.05, 3.63) is 57.3 Å². The van der Waals surface area contributed by atoms with Crippen LogP contribution < -0.4 is 10.1 Å². The number of amides is 3. The van der Waals surface area contributed by atoms with Gasteiger partial charge < -0.3 is 10.1 Å². The van der Waals surface area contributed by atoms with E-state index in [1.165, 1.54) is 6.92 Å². The molecule has 0 radical (unpaired) electrons. The maximum absolute atomic E-state index is 14.6. The Kier molecular flexibility index (Phi) is 8.43. The van der Waals surface area contributed by atoms with E-state index >= 15 is 0 Å².